The molecule has 1 fully saturated rings. The van der Waals surface area contributed by atoms with Crippen molar-refractivity contribution >= 4 is 27.7 Å². The molecule has 17 heavy (non-hydrogen) atoms. The summed E-state index contributed by atoms with van der Waals surface area (Å²) >= 11 is 3.31. The highest BCUT2D eigenvalue weighted by Crippen LogP contribution is 2.25. The summed E-state index contributed by atoms with van der Waals surface area (Å²) in [7, 11) is 1.38. The van der Waals surface area contributed by atoms with Crippen LogP contribution in [0.4, 0.5) is 5.82 Å². The summed E-state index contributed by atoms with van der Waals surface area (Å²) in [6, 6.07) is 2.16. The molecule has 0 radical (unpaired) electrons. The van der Waals surface area contributed by atoms with Crippen molar-refractivity contribution in [1.82, 2.24) is 4.98 Å². The van der Waals surface area contributed by atoms with E-state index < -0.39 is 0 Å². The number of carbonyl (C=O) groups is 1. The van der Waals surface area contributed by atoms with Crippen LogP contribution in [0.25, 0.3) is 0 Å². The van der Waals surface area contributed by atoms with Gasteiger partial charge in [-0.05, 0) is 34.8 Å². The molecule has 1 heterocycles. The van der Waals surface area contributed by atoms with Gasteiger partial charge in [-0.1, -0.05) is 12.8 Å². The molecule has 1 aliphatic rings. The number of nitrogens with zero attached hydrogens (tertiary/aromatic N) is 1. The van der Waals surface area contributed by atoms with E-state index in [1.54, 1.807) is 12.3 Å². The lowest BCUT2D eigenvalue weighted by Gasteiger charge is -2.15. The number of ether oxygens (including phenoxy) is 1. The second-order valence-electron chi connectivity index (χ2n) is 4.17. The first-order valence-electron chi connectivity index (χ1n) is 5.71. The van der Waals surface area contributed by atoms with Crippen molar-refractivity contribution in [3.8, 4) is 0 Å². The number of nitrogens with one attached hydrogen (secondary N) is 1. The van der Waals surface area contributed by atoms with Crippen LogP contribution < -0.4 is 5.32 Å². The normalized spacial score (nSPS) is 15.9. The Morgan fingerprint density at radius 2 is 2.24 bits per heavy atom. The molecule has 1 aliphatic carbocycles. The molecule has 0 aliphatic heterocycles. The molecule has 0 spiro atoms. The zero-order valence-electron chi connectivity index (χ0n) is 9.70. The van der Waals surface area contributed by atoms with Gasteiger partial charge in [-0.3, -0.25) is 0 Å². The monoisotopic (exact) mass is 298 g/mol. The van der Waals surface area contributed by atoms with E-state index in [4.69, 9.17) is 4.74 Å². The van der Waals surface area contributed by atoms with Gasteiger partial charge in [0.15, 0.2) is 0 Å². The van der Waals surface area contributed by atoms with Crippen molar-refractivity contribution in [3.63, 3.8) is 0 Å². The van der Waals surface area contributed by atoms with Gasteiger partial charge in [0, 0.05) is 16.7 Å². The topological polar surface area (TPSA) is 51.2 Å². The van der Waals surface area contributed by atoms with Crippen LogP contribution in [0.2, 0.25) is 0 Å². The Balaban J connectivity index is 2.22. The van der Waals surface area contributed by atoms with Gasteiger partial charge < -0.3 is 10.1 Å². The van der Waals surface area contributed by atoms with Crippen molar-refractivity contribution in [1.29, 1.82) is 0 Å². The van der Waals surface area contributed by atoms with Gasteiger partial charge in [0.1, 0.15) is 11.4 Å². The number of esters is 1. The predicted octanol–water partition coefficient (Wildman–Crippen LogP) is 2.99. The van der Waals surface area contributed by atoms with Crippen molar-refractivity contribution in [3.05, 3.63) is 22.3 Å². The maximum Gasteiger partial charge on any atom is 0.341 e. The highest BCUT2D eigenvalue weighted by Gasteiger charge is 2.19. The van der Waals surface area contributed by atoms with Crippen LogP contribution in [0.3, 0.4) is 0 Å². The molecule has 1 aromatic rings. The van der Waals surface area contributed by atoms with Crippen molar-refractivity contribution < 1.29 is 9.53 Å². The number of halogens is 1. The molecule has 0 amide bonds. The largest absolute Gasteiger partial charge is 0.465 e. The molecule has 0 saturated heterocycles. The Morgan fingerprint density at radius 1 is 1.53 bits per heavy atom. The van der Waals surface area contributed by atoms with Gasteiger partial charge in [-0.2, -0.15) is 0 Å². The van der Waals surface area contributed by atoms with Gasteiger partial charge in [0.2, 0.25) is 0 Å². The molecule has 0 unspecified atom stereocenters. The van der Waals surface area contributed by atoms with Crippen molar-refractivity contribution in [2.45, 2.75) is 31.7 Å². The molecular formula is C12H15BrN2O2. The summed E-state index contributed by atoms with van der Waals surface area (Å²) in [6.07, 6.45) is 6.43. The van der Waals surface area contributed by atoms with E-state index in [9.17, 15) is 4.79 Å². The fourth-order valence-electron chi connectivity index (χ4n) is 2.08. The van der Waals surface area contributed by atoms with Gasteiger partial charge in [0.25, 0.3) is 0 Å². The molecule has 0 aromatic carbocycles. The molecule has 5 heteroatoms. The van der Waals surface area contributed by atoms with Gasteiger partial charge in [0.05, 0.1) is 7.11 Å². The molecule has 2 rings (SSSR count). The van der Waals surface area contributed by atoms with E-state index in [2.05, 4.69) is 26.2 Å². The third-order valence-corrected chi connectivity index (χ3v) is 3.39. The summed E-state index contributed by atoms with van der Waals surface area (Å²) in [5.74, 6) is 0.256. The van der Waals surface area contributed by atoms with Crippen molar-refractivity contribution in [2.75, 3.05) is 12.4 Å². The first-order chi connectivity index (χ1) is 8.20. The number of methoxy groups -OCH3 is 1. The van der Waals surface area contributed by atoms with Crippen molar-refractivity contribution in [2.24, 2.45) is 0 Å². The van der Waals surface area contributed by atoms with E-state index in [-0.39, 0.29) is 5.97 Å². The fraction of sp³-hybridized carbons (Fsp3) is 0.500. The average Bonchev–Trinajstić information content (AvgIpc) is 2.83. The second kappa shape index (κ2) is 5.49. The van der Waals surface area contributed by atoms with Gasteiger partial charge in [-0.15, -0.1) is 0 Å². The maximum atomic E-state index is 11.6. The number of rotatable bonds is 3. The number of pyridine rings is 1. The predicted molar refractivity (Wildman–Crippen MR) is 69.2 cm³/mol. The summed E-state index contributed by atoms with van der Waals surface area (Å²) in [5.41, 5.74) is 0.480. The smallest absolute Gasteiger partial charge is 0.341 e. The number of hydrogen-bond acceptors (Lipinski definition) is 4. The quantitative estimate of drug-likeness (QED) is 0.872. The highest BCUT2D eigenvalue weighted by atomic mass is 79.9. The Morgan fingerprint density at radius 3 is 2.88 bits per heavy atom. The lowest BCUT2D eigenvalue weighted by Crippen LogP contribution is -2.18. The Kier molecular flexibility index (Phi) is 3.99. The molecule has 1 N–H and O–H groups in total. The standard InChI is InChI=1S/C12H15BrN2O2/c1-17-12(16)10-6-8(13)7-14-11(10)15-9-4-2-3-5-9/h6-7,9H,2-5H2,1H3,(H,14,15). The molecular weight excluding hydrogens is 284 g/mol. The van der Waals surface area contributed by atoms with E-state index >= 15 is 0 Å². The number of hydrogen-bond donors (Lipinski definition) is 1. The summed E-state index contributed by atoms with van der Waals surface area (Å²) in [4.78, 5) is 15.9. The molecule has 0 bridgehead atoms. The van der Waals surface area contributed by atoms with Crippen LogP contribution in [-0.4, -0.2) is 24.1 Å². The summed E-state index contributed by atoms with van der Waals surface area (Å²) < 4.78 is 5.53. The molecule has 4 nitrogen and oxygen atoms in total. The Hall–Kier alpha value is -1.10. The minimum absolute atomic E-state index is 0.362. The fourth-order valence-corrected chi connectivity index (χ4v) is 2.41. The number of anilines is 1. The van der Waals surface area contributed by atoms with Crippen LogP contribution >= 0.6 is 15.9 Å². The molecule has 1 aromatic heterocycles. The minimum Gasteiger partial charge on any atom is -0.465 e. The third-order valence-electron chi connectivity index (χ3n) is 2.96. The third kappa shape index (κ3) is 2.97. The van der Waals surface area contributed by atoms with E-state index in [1.165, 1.54) is 20.0 Å². The number of aromatic nitrogens is 1. The van der Waals surface area contributed by atoms with Crippen LogP contribution in [-0.2, 0) is 4.74 Å². The zero-order valence-corrected chi connectivity index (χ0v) is 11.3. The SMILES string of the molecule is COC(=O)c1cc(Br)cnc1NC1CCCC1. The highest BCUT2D eigenvalue weighted by molar-refractivity contribution is 9.10. The number of carbonyl (C=O) groups excluding carboxylic acids is 1. The van der Waals surface area contributed by atoms with Crippen LogP contribution in [0.1, 0.15) is 36.0 Å². The second-order valence-corrected chi connectivity index (χ2v) is 5.08. The molecule has 92 valence electrons. The van der Waals surface area contributed by atoms with Crippen LogP contribution in [0.15, 0.2) is 16.7 Å². The average molecular weight is 299 g/mol. The van der Waals surface area contributed by atoms with Gasteiger partial charge in [-0.25, -0.2) is 9.78 Å². The molecule has 0 atom stereocenters. The first kappa shape index (κ1) is 12.4. The van der Waals surface area contributed by atoms with E-state index in [0.29, 0.717) is 17.4 Å². The first-order valence-corrected chi connectivity index (χ1v) is 6.50. The Labute approximate surface area is 109 Å². The van der Waals surface area contributed by atoms with Crippen LogP contribution in [0.5, 0.6) is 0 Å². The summed E-state index contributed by atoms with van der Waals surface area (Å²) in [5, 5.41) is 3.32. The lowest BCUT2D eigenvalue weighted by atomic mass is 10.2. The Bertz CT molecular complexity index is 417. The van der Waals surface area contributed by atoms with Crippen LogP contribution in [0, 0.1) is 0 Å². The van der Waals surface area contributed by atoms with E-state index in [0.717, 1.165) is 17.3 Å². The zero-order chi connectivity index (χ0) is 12.3. The van der Waals surface area contributed by atoms with E-state index in [1.807, 2.05) is 0 Å². The summed E-state index contributed by atoms with van der Waals surface area (Å²) in [6.45, 7) is 0. The molecule has 1 saturated carbocycles. The van der Waals surface area contributed by atoms with Gasteiger partial charge >= 0.3 is 5.97 Å². The maximum absolute atomic E-state index is 11.6. The lowest BCUT2D eigenvalue weighted by molar-refractivity contribution is 0.0601. The minimum atomic E-state index is -0.362.